The Balaban J connectivity index is 2.26. The molecule has 0 fully saturated rings. The van der Waals surface area contributed by atoms with Gasteiger partial charge in [0.05, 0.1) is 5.52 Å². The summed E-state index contributed by atoms with van der Waals surface area (Å²) < 4.78 is 0. The second-order valence-corrected chi connectivity index (χ2v) is 4.97. The summed E-state index contributed by atoms with van der Waals surface area (Å²) in [5.41, 5.74) is 4.87. The van der Waals surface area contributed by atoms with Gasteiger partial charge in [0.1, 0.15) is 0 Å². The quantitative estimate of drug-likeness (QED) is 0.766. The first-order valence-electron chi connectivity index (χ1n) is 6.91. The van der Waals surface area contributed by atoms with Crippen molar-refractivity contribution < 1.29 is 0 Å². The molecule has 0 saturated heterocycles. The van der Waals surface area contributed by atoms with E-state index in [1.807, 2.05) is 19.3 Å². The fourth-order valence-corrected chi connectivity index (χ4v) is 2.61. The van der Waals surface area contributed by atoms with Crippen LogP contribution in [0.3, 0.4) is 0 Å². The van der Waals surface area contributed by atoms with Crippen molar-refractivity contribution in [3.63, 3.8) is 0 Å². The van der Waals surface area contributed by atoms with Crippen LogP contribution >= 0.6 is 0 Å². The second kappa shape index (κ2) is 5.43. The molecule has 0 radical (unpaired) electrons. The molecule has 1 atom stereocenters. The average Bonchev–Trinajstić information content (AvgIpc) is 2.53. The number of hydrogen-bond acceptors (Lipinski definition) is 2. The SMILES string of the molecule is CNC(C)c1ccccc1-c1cccc2ncccc12. The molecule has 0 aliphatic heterocycles. The van der Waals surface area contributed by atoms with Crippen molar-refractivity contribution in [3.8, 4) is 11.1 Å². The van der Waals surface area contributed by atoms with E-state index in [2.05, 4.69) is 65.8 Å². The summed E-state index contributed by atoms with van der Waals surface area (Å²) in [5.74, 6) is 0. The molecule has 1 heterocycles. The normalized spacial score (nSPS) is 12.5. The first-order valence-corrected chi connectivity index (χ1v) is 6.91. The van der Waals surface area contributed by atoms with Crippen LogP contribution in [0.2, 0.25) is 0 Å². The Hall–Kier alpha value is -2.19. The molecule has 1 aromatic heterocycles. The minimum absolute atomic E-state index is 0.318. The van der Waals surface area contributed by atoms with Crippen molar-refractivity contribution in [1.82, 2.24) is 10.3 Å². The molecule has 0 amide bonds. The molecule has 2 nitrogen and oxygen atoms in total. The molecule has 0 aliphatic rings. The zero-order valence-corrected chi connectivity index (χ0v) is 11.8. The maximum absolute atomic E-state index is 4.45. The highest BCUT2D eigenvalue weighted by atomic mass is 14.9. The molecule has 0 bridgehead atoms. The lowest BCUT2D eigenvalue weighted by Gasteiger charge is -2.17. The van der Waals surface area contributed by atoms with Gasteiger partial charge in [-0.2, -0.15) is 0 Å². The number of fused-ring (bicyclic) bond motifs is 1. The van der Waals surface area contributed by atoms with E-state index >= 15 is 0 Å². The van der Waals surface area contributed by atoms with Crippen molar-refractivity contribution in [2.75, 3.05) is 7.05 Å². The van der Waals surface area contributed by atoms with E-state index in [1.54, 1.807) is 0 Å². The van der Waals surface area contributed by atoms with Crippen LogP contribution in [0.1, 0.15) is 18.5 Å². The minimum atomic E-state index is 0.318. The van der Waals surface area contributed by atoms with Crippen LogP contribution in [-0.4, -0.2) is 12.0 Å². The topological polar surface area (TPSA) is 24.9 Å². The molecule has 20 heavy (non-hydrogen) atoms. The third-order valence-corrected chi connectivity index (χ3v) is 3.80. The van der Waals surface area contributed by atoms with Gasteiger partial charge < -0.3 is 5.32 Å². The summed E-state index contributed by atoms with van der Waals surface area (Å²) in [4.78, 5) is 4.45. The molecular formula is C18H18N2. The fourth-order valence-electron chi connectivity index (χ4n) is 2.61. The van der Waals surface area contributed by atoms with Gasteiger partial charge in [-0.05, 0) is 42.8 Å². The van der Waals surface area contributed by atoms with Crippen LogP contribution in [0.5, 0.6) is 0 Å². The summed E-state index contributed by atoms with van der Waals surface area (Å²) in [7, 11) is 1.99. The van der Waals surface area contributed by atoms with Crippen LogP contribution in [0.4, 0.5) is 0 Å². The van der Waals surface area contributed by atoms with Gasteiger partial charge in [-0.1, -0.05) is 42.5 Å². The van der Waals surface area contributed by atoms with Gasteiger partial charge in [0.15, 0.2) is 0 Å². The third kappa shape index (κ3) is 2.19. The van der Waals surface area contributed by atoms with E-state index in [4.69, 9.17) is 0 Å². The van der Waals surface area contributed by atoms with Crippen LogP contribution in [0.25, 0.3) is 22.0 Å². The largest absolute Gasteiger partial charge is 0.313 e. The first kappa shape index (κ1) is 12.8. The lowest BCUT2D eigenvalue weighted by atomic mass is 9.93. The Labute approximate surface area is 119 Å². The molecule has 1 unspecified atom stereocenters. The molecule has 2 heteroatoms. The van der Waals surface area contributed by atoms with E-state index in [9.17, 15) is 0 Å². The van der Waals surface area contributed by atoms with Crippen molar-refractivity contribution in [2.24, 2.45) is 0 Å². The fraction of sp³-hybridized carbons (Fsp3) is 0.167. The minimum Gasteiger partial charge on any atom is -0.313 e. The number of nitrogens with one attached hydrogen (secondary N) is 1. The predicted molar refractivity (Wildman–Crippen MR) is 84.7 cm³/mol. The van der Waals surface area contributed by atoms with E-state index < -0.39 is 0 Å². The predicted octanol–water partition coefficient (Wildman–Crippen LogP) is 4.18. The number of nitrogens with zero attached hydrogens (tertiary/aromatic N) is 1. The second-order valence-electron chi connectivity index (χ2n) is 4.97. The maximum atomic E-state index is 4.45. The standard InChI is InChI=1S/C18H18N2/c1-13(19-2)14-7-3-4-8-15(14)16-9-5-11-18-17(16)10-6-12-20-18/h3-13,19H,1-2H3. The van der Waals surface area contributed by atoms with Crippen molar-refractivity contribution in [2.45, 2.75) is 13.0 Å². The van der Waals surface area contributed by atoms with Crippen molar-refractivity contribution >= 4 is 10.9 Å². The highest BCUT2D eigenvalue weighted by Gasteiger charge is 2.12. The van der Waals surface area contributed by atoms with Crippen molar-refractivity contribution in [1.29, 1.82) is 0 Å². The number of pyridine rings is 1. The number of aromatic nitrogens is 1. The molecular weight excluding hydrogens is 244 g/mol. The van der Waals surface area contributed by atoms with Crippen LogP contribution in [0, 0.1) is 0 Å². The summed E-state index contributed by atoms with van der Waals surface area (Å²) >= 11 is 0. The van der Waals surface area contributed by atoms with Crippen LogP contribution in [-0.2, 0) is 0 Å². The zero-order valence-electron chi connectivity index (χ0n) is 11.8. The highest BCUT2D eigenvalue weighted by molar-refractivity contribution is 5.95. The van der Waals surface area contributed by atoms with E-state index in [-0.39, 0.29) is 0 Å². The summed E-state index contributed by atoms with van der Waals surface area (Å²) in [6.45, 7) is 2.18. The summed E-state index contributed by atoms with van der Waals surface area (Å²) in [6, 6.07) is 19.3. The third-order valence-electron chi connectivity index (χ3n) is 3.80. The van der Waals surface area contributed by atoms with E-state index in [1.165, 1.54) is 22.1 Å². The average molecular weight is 262 g/mol. The molecule has 3 rings (SSSR count). The highest BCUT2D eigenvalue weighted by Crippen LogP contribution is 2.32. The zero-order chi connectivity index (χ0) is 13.9. The summed E-state index contributed by atoms with van der Waals surface area (Å²) in [6.07, 6.45) is 1.84. The van der Waals surface area contributed by atoms with Gasteiger partial charge in [0.25, 0.3) is 0 Å². The van der Waals surface area contributed by atoms with Gasteiger partial charge in [-0.15, -0.1) is 0 Å². The lowest BCUT2D eigenvalue weighted by molar-refractivity contribution is 0.654. The van der Waals surface area contributed by atoms with Gasteiger partial charge >= 0.3 is 0 Å². The van der Waals surface area contributed by atoms with Gasteiger partial charge in [0, 0.05) is 17.6 Å². The van der Waals surface area contributed by atoms with Gasteiger partial charge in [0.2, 0.25) is 0 Å². The summed E-state index contributed by atoms with van der Waals surface area (Å²) in [5, 5.41) is 4.52. The Morgan fingerprint density at radius 2 is 1.70 bits per heavy atom. The number of benzene rings is 2. The van der Waals surface area contributed by atoms with Gasteiger partial charge in [-0.3, -0.25) is 4.98 Å². The molecule has 0 spiro atoms. The van der Waals surface area contributed by atoms with Crippen LogP contribution in [0.15, 0.2) is 60.8 Å². The van der Waals surface area contributed by atoms with Crippen molar-refractivity contribution in [3.05, 3.63) is 66.4 Å². The molecule has 0 saturated carbocycles. The number of hydrogen-bond donors (Lipinski definition) is 1. The molecule has 100 valence electrons. The molecule has 3 aromatic rings. The van der Waals surface area contributed by atoms with Gasteiger partial charge in [-0.25, -0.2) is 0 Å². The lowest BCUT2D eigenvalue weighted by Crippen LogP contribution is -2.13. The Morgan fingerprint density at radius 3 is 2.55 bits per heavy atom. The van der Waals surface area contributed by atoms with Crippen LogP contribution < -0.4 is 5.32 Å². The smallest absolute Gasteiger partial charge is 0.0708 e. The maximum Gasteiger partial charge on any atom is 0.0708 e. The Kier molecular flexibility index (Phi) is 3.48. The Morgan fingerprint density at radius 1 is 0.900 bits per heavy atom. The van der Waals surface area contributed by atoms with E-state index in [0.717, 1.165) is 5.52 Å². The molecule has 0 aliphatic carbocycles. The monoisotopic (exact) mass is 262 g/mol. The molecule has 2 aromatic carbocycles. The first-order chi connectivity index (χ1) is 9.81. The van der Waals surface area contributed by atoms with E-state index in [0.29, 0.717) is 6.04 Å². The number of rotatable bonds is 3. The Bertz CT molecular complexity index is 729. The molecule has 1 N–H and O–H groups in total.